The van der Waals surface area contributed by atoms with E-state index in [2.05, 4.69) is 40.8 Å². The first-order chi connectivity index (χ1) is 27.9. The topological polar surface area (TPSA) is 162 Å². The molecule has 14 nitrogen and oxygen atoms in total. The van der Waals surface area contributed by atoms with Gasteiger partial charge in [-0.1, -0.05) is 53.2 Å². The van der Waals surface area contributed by atoms with Gasteiger partial charge in [-0.2, -0.15) is 0 Å². The quantitative estimate of drug-likeness (QED) is 0.111. The van der Waals surface area contributed by atoms with Gasteiger partial charge in [0.1, 0.15) is 11.8 Å². The molecule has 2 fully saturated rings. The van der Waals surface area contributed by atoms with Crippen LogP contribution in [0.2, 0.25) is 0 Å². The highest BCUT2D eigenvalue weighted by atomic mass is 16.5. The maximum atomic E-state index is 14.4. The molecule has 4 N–H and O–H groups in total. The summed E-state index contributed by atoms with van der Waals surface area (Å²) in [6.07, 6.45) is 4.91. The first-order valence-corrected chi connectivity index (χ1v) is 21.9. The van der Waals surface area contributed by atoms with Crippen molar-refractivity contribution in [3.8, 4) is 0 Å². The van der Waals surface area contributed by atoms with Gasteiger partial charge in [0.25, 0.3) is 0 Å². The van der Waals surface area contributed by atoms with Crippen molar-refractivity contribution < 1.29 is 38.5 Å². The Hall–Kier alpha value is -3.30. The lowest BCUT2D eigenvalue weighted by Crippen LogP contribution is -2.68. The number of methoxy groups -OCH3 is 3. The highest BCUT2D eigenvalue weighted by Gasteiger charge is 2.49. The van der Waals surface area contributed by atoms with E-state index in [0.29, 0.717) is 13.0 Å². The number of hydrogen-bond acceptors (Lipinski definition) is 11. The van der Waals surface area contributed by atoms with Gasteiger partial charge in [0.2, 0.25) is 17.7 Å². The third-order valence-electron chi connectivity index (χ3n) is 14.0. The van der Waals surface area contributed by atoms with E-state index < -0.39 is 53.5 Å². The summed E-state index contributed by atoms with van der Waals surface area (Å²) in [5.74, 6) is -1.91. The monoisotopic (exact) mass is 829 g/mol. The van der Waals surface area contributed by atoms with Gasteiger partial charge in [0.05, 0.1) is 49.3 Å². The Bertz CT molecular complexity index is 1590. The van der Waals surface area contributed by atoms with Crippen molar-refractivity contribution in [2.75, 3.05) is 60.4 Å². The second kappa shape index (κ2) is 21.0. The normalized spacial score (nSPS) is 24.3. The Morgan fingerprint density at radius 3 is 2.36 bits per heavy atom. The minimum Gasteiger partial charge on any atom is -0.467 e. The summed E-state index contributed by atoms with van der Waals surface area (Å²) in [6, 6.07) is 3.80. The Kier molecular flexibility index (Phi) is 17.2. The molecule has 3 heterocycles. The molecule has 0 spiro atoms. The van der Waals surface area contributed by atoms with Crippen molar-refractivity contribution in [2.45, 2.75) is 154 Å². The molecule has 334 valence electrons. The number of carbonyl (C=O) groups is 4. The molecular weight excluding hydrogens is 753 g/mol. The number of likely N-dealkylation sites (N-methyl/N-ethyl adjacent to an activating group) is 2. The van der Waals surface area contributed by atoms with E-state index in [0.717, 1.165) is 62.9 Å². The zero-order valence-corrected chi connectivity index (χ0v) is 38.1. The van der Waals surface area contributed by atoms with Gasteiger partial charge in [0.15, 0.2) is 0 Å². The summed E-state index contributed by atoms with van der Waals surface area (Å²) in [4.78, 5) is 60.9. The Morgan fingerprint density at radius 2 is 1.76 bits per heavy atom. The maximum absolute atomic E-state index is 14.4. The fourth-order valence-electron chi connectivity index (χ4n) is 9.83. The van der Waals surface area contributed by atoms with Crippen molar-refractivity contribution in [2.24, 2.45) is 17.8 Å². The van der Waals surface area contributed by atoms with Gasteiger partial charge >= 0.3 is 5.97 Å². The number of likely N-dealkylation sites (tertiary alicyclic amines) is 2. The summed E-state index contributed by atoms with van der Waals surface area (Å²) < 4.78 is 17.3. The molecule has 1 aromatic carbocycles. The number of esters is 1. The molecule has 0 aromatic heterocycles. The van der Waals surface area contributed by atoms with E-state index >= 15 is 0 Å². The Labute approximate surface area is 353 Å². The summed E-state index contributed by atoms with van der Waals surface area (Å²) in [5.41, 5.74) is 1.06. The van der Waals surface area contributed by atoms with Crippen LogP contribution in [-0.2, 0) is 46.2 Å². The van der Waals surface area contributed by atoms with E-state index in [1.807, 2.05) is 56.8 Å². The predicted octanol–water partition coefficient (Wildman–Crippen LogP) is 3.97. The van der Waals surface area contributed by atoms with Crippen LogP contribution in [0.15, 0.2) is 18.2 Å². The van der Waals surface area contributed by atoms with Crippen molar-refractivity contribution in [1.29, 1.82) is 0 Å². The minimum atomic E-state index is -1.50. The summed E-state index contributed by atoms with van der Waals surface area (Å²) >= 11 is 0. The van der Waals surface area contributed by atoms with Crippen LogP contribution in [0, 0.1) is 17.8 Å². The SMILES string of the molecule is CC[C@H](C)[C@@H]([C@@H](CC(=O)N1CCC[C@H]1[C@H](OC)[C@@H](C)C(=O)NC(Cc1ccc2c(c1)CCCN2)C(=O)OC)OC)N(C)C(C)(O)[C@@H](NC(=O)[C@@]1(C)CCCN1C)C(C)C. The van der Waals surface area contributed by atoms with E-state index in [9.17, 15) is 24.3 Å². The molecule has 0 aliphatic carbocycles. The number of aliphatic hydroxyl groups is 1. The molecule has 3 amide bonds. The number of amides is 3. The number of nitrogens with zero attached hydrogens (tertiary/aromatic N) is 3. The fraction of sp³-hybridized carbons (Fsp3) is 0.778. The number of nitrogens with one attached hydrogen (secondary N) is 3. The molecule has 3 aliphatic heterocycles. The molecule has 1 aromatic rings. The first-order valence-electron chi connectivity index (χ1n) is 21.9. The van der Waals surface area contributed by atoms with Crippen molar-refractivity contribution in [3.05, 3.63) is 29.3 Å². The number of fused-ring (bicyclic) bond motifs is 1. The molecule has 2 unspecified atom stereocenters. The first kappa shape index (κ1) is 48.4. The van der Waals surface area contributed by atoms with Crippen LogP contribution in [0.1, 0.15) is 105 Å². The fourth-order valence-corrected chi connectivity index (χ4v) is 9.83. The number of ether oxygens (including phenoxy) is 3. The van der Waals surface area contributed by atoms with Crippen LogP contribution in [0.3, 0.4) is 0 Å². The maximum Gasteiger partial charge on any atom is 0.328 e. The largest absolute Gasteiger partial charge is 0.467 e. The third kappa shape index (κ3) is 11.0. The molecule has 14 heteroatoms. The molecule has 2 saturated heterocycles. The predicted molar refractivity (Wildman–Crippen MR) is 230 cm³/mol. The van der Waals surface area contributed by atoms with Gasteiger partial charge in [-0.25, -0.2) is 4.79 Å². The van der Waals surface area contributed by atoms with Crippen molar-refractivity contribution in [3.63, 3.8) is 0 Å². The third-order valence-corrected chi connectivity index (χ3v) is 14.0. The molecule has 0 saturated carbocycles. The zero-order chi connectivity index (χ0) is 43.8. The average Bonchev–Trinajstić information content (AvgIpc) is 3.84. The molecule has 4 rings (SSSR count). The second-order valence-electron chi connectivity index (χ2n) is 18.1. The number of carbonyl (C=O) groups excluding carboxylic acids is 4. The van der Waals surface area contributed by atoms with Gasteiger partial charge in [-0.3, -0.25) is 24.2 Å². The summed E-state index contributed by atoms with van der Waals surface area (Å²) in [7, 11) is 8.28. The van der Waals surface area contributed by atoms with Gasteiger partial charge < -0.3 is 40.2 Å². The number of hydrogen-bond donors (Lipinski definition) is 4. The highest BCUT2D eigenvalue weighted by molar-refractivity contribution is 5.87. The average molecular weight is 829 g/mol. The molecule has 0 bridgehead atoms. The van der Waals surface area contributed by atoms with E-state index in [1.165, 1.54) is 12.7 Å². The molecule has 3 aliphatic rings. The second-order valence-corrected chi connectivity index (χ2v) is 18.1. The zero-order valence-electron chi connectivity index (χ0n) is 38.1. The van der Waals surface area contributed by atoms with Gasteiger partial charge in [-0.15, -0.1) is 0 Å². The van der Waals surface area contributed by atoms with E-state index in [1.54, 1.807) is 28.1 Å². The number of benzene rings is 1. The molecular formula is C45H76N6O8. The van der Waals surface area contributed by atoms with E-state index in [4.69, 9.17) is 14.2 Å². The van der Waals surface area contributed by atoms with Crippen LogP contribution >= 0.6 is 0 Å². The lowest BCUT2D eigenvalue weighted by atomic mass is 9.85. The Morgan fingerprint density at radius 1 is 1.05 bits per heavy atom. The molecule has 59 heavy (non-hydrogen) atoms. The lowest BCUT2D eigenvalue weighted by Gasteiger charge is -2.50. The summed E-state index contributed by atoms with van der Waals surface area (Å²) in [5, 5.41) is 22.0. The van der Waals surface area contributed by atoms with Crippen LogP contribution in [0.4, 0.5) is 5.69 Å². The molecule has 10 atom stereocenters. The number of anilines is 1. The van der Waals surface area contributed by atoms with Crippen LogP contribution in [0.25, 0.3) is 0 Å². The highest BCUT2D eigenvalue weighted by Crippen LogP contribution is 2.34. The van der Waals surface area contributed by atoms with E-state index in [-0.39, 0.29) is 48.4 Å². The van der Waals surface area contributed by atoms with Crippen LogP contribution in [-0.4, -0.2) is 146 Å². The lowest BCUT2D eigenvalue weighted by molar-refractivity contribution is -0.172. The van der Waals surface area contributed by atoms with Gasteiger partial charge in [0, 0.05) is 45.5 Å². The molecule has 0 radical (unpaired) electrons. The van der Waals surface area contributed by atoms with Crippen LogP contribution in [0.5, 0.6) is 0 Å². The Balaban J connectivity index is 1.49. The smallest absolute Gasteiger partial charge is 0.328 e. The van der Waals surface area contributed by atoms with Crippen molar-refractivity contribution >= 4 is 29.4 Å². The number of rotatable bonds is 20. The standard InChI is InChI=1S/C45H76N6O8/c1-13-29(4)38(50(9)45(7,56)40(28(2)3)48-43(55)44(6)21-16-23-49(44)8)36(57-10)27-37(52)51-24-15-18-35(51)39(58-11)30(5)41(53)47-34(42(54)59-12)26-31-19-20-33-32(25-31)17-14-22-46-33/h19-20,25,28-30,34-36,38-40,46,56H,13-18,21-24,26-27H2,1-12H3,(H,47,53)(H,48,55)/t29-,30+,34?,35-,36+,38-,39+,40-,44+,45?/m0/s1. The summed E-state index contributed by atoms with van der Waals surface area (Å²) in [6.45, 7) is 15.9. The number of aryl methyl sites for hydroxylation is 1. The minimum absolute atomic E-state index is 0.0109. The van der Waals surface area contributed by atoms with Crippen molar-refractivity contribution in [1.82, 2.24) is 25.3 Å². The van der Waals surface area contributed by atoms with Gasteiger partial charge in [-0.05, 0) is 102 Å². The van der Waals surface area contributed by atoms with Crippen LogP contribution < -0.4 is 16.0 Å².